The Balaban J connectivity index is 1.54. The lowest BCUT2D eigenvalue weighted by Crippen LogP contribution is -2.31. The van der Waals surface area contributed by atoms with E-state index in [-0.39, 0.29) is 10.5 Å². The van der Waals surface area contributed by atoms with Crippen LogP contribution in [-0.2, 0) is 19.6 Å². The summed E-state index contributed by atoms with van der Waals surface area (Å²) < 4.78 is 55.4. The van der Waals surface area contributed by atoms with Gasteiger partial charge >= 0.3 is 5.97 Å². The molecule has 2 aromatic carbocycles. The molecule has 0 unspecified atom stereocenters. The first-order valence-electron chi connectivity index (χ1n) is 8.69. The first-order valence-corrected chi connectivity index (χ1v) is 10.2. The highest BCUT2D eigenvalue weighted by atomic mass is 32.2. The van der Waals surface area contributed by atoms with E-state index in [0.29, 0.717) is 31.1 Å². The third-order valence-corrected chi connectivity index (χ3v) is 5.37. The molecule has 154 valence electrons. The zero-order chi connectivity index (χ0) is 20.9. The molecule has 0 aliphatic carbocycles. The first-order chi connectivity index (χ1) is 13.8. The van der Waals surface area contributed by atoms with Crippen LogP contribution in [0.4, 0.5) is 4.39 Å². The van der Waals surface area contributed by atoms with Crippen molar-refractivity contribution in [1.82, 2.24) is 4.72 Å². The summed E-state index contributed by atoms with van der Waals surface area (Å²) in [4.78, 5) is 23.6. The number of hydrogen-bond donors (Lipinski definition) is 1. The van der Waals surface area contributed by atoms with Crippen LogP contribution in [0.2, 0.25) is 0 Å². The van der Waals surface area contributed by atoms with E-state index in [1.54, 1.807) is 0 Å². The Bertz CT molecular complexity index is 1010. The molecule has 0 fully saturated rings. The molecule has 0 spiro atoms. The molecular formula is C19H18FNO7S. The Morgan fingerprint density at radius 3 is 2.45 bits per heavy atom. The van der Waals surface area contributed by atoms with Crippen LogP contribution in [0.25, 0.3) is 0 Å². The van der Waals surface area contributed by atoms with Crippen molar-refractivity contribution in [3.05, 3.63) is 53.8 Å². The average molecular weight is 423 g/mol. The van der Waals surface area contributed by atoms with E-state index >= 15 is 0 Å². The van der Waals surface area contributed by atoms with Gasteiger partial charge in [-0.1, -0.05) is 0 Å². The van der Waals surface area contributed by atoms with Crippen LogP contribution >= 0.6 is 0 Å². The van der Waals surface area contributed by atoms with E-state index in [2.05, 4.69) is 4.72 Å². The van der Waals surface area contributed by atoms with Crippen LogP contribution in [0.15, 0.2) is 47.4 Å². The second kappa shape index (κ2) is 9.01. The smallest absolute Gasteiger partial charge is 0.321 e. The Kier molecular flexibility index (Phi) is 6.45. The number of esters is 1. The number of ketones is 1. The van der Waals surface area contributed by atoms with Crippen LogP contribution in [-0.4, -0.2) is 46.5 Å². The predicted molar refractivity (Wildman–Crippen MR) is 98.9 cm³/mol. The van der Waals surface area contributed by atoms with Crippen molar-refractivity contribution in [2.75, 3.05) is 26.4 Å². The molecule has 0 atom stereocenters. The van der Waals surface area contributed by atoms with Gasteiger partial charge in [0, 0.05) is 18.1 Å². The van der Waals surface area contributed by atoms with E-state index in [1.807, 2.05) is 0 Å². The van der Waals surface area contributed by atoms with Crippen molar-refractivity contribution in [2.24, 2.45) is 0 Å². The number of Topliss-reactive ketones (excluding diaryl/α,β-unsaturated/α-hetero) is 1. The van der Waals surface area contributed by atoms with Crippen molar-refractivity contribution in [3.63, 3.8) is 0 Å². The maximum Gasteiger partial charge on any atom is 0.321 e. The standard InChI is InChI=1S/C19H18FNO7S/c20-14-4-2-13(3-5-14)16(22)12-28-19(23)11-21-29(24,25)15-6-7-17-18(10-15)27-9-1-8-26-17/h2-7,10,21H,1,8-9,11-12H2. The second-order valence-electron chi connectivity index (χ2n) is 6.07. The maximum absolute atomic E-state index is 12.9. The van der Waals surface area contributed by atoms with Crippen molar-refractivity contribution in [2.45, 2.75) is 11.3 Å². The number of hydrogen-bond acceptors (Lipinski definition) is 7. The molecule has 3 rings (SSSR count). The molecule has 0 radical (unpaired) electrons. The molecule has 1 aliphatic rings. The van der Waals surface area contributed by atoms with Crippen LogP contribution in [0.1, 0.15) is 16.8 Å². The predicted octanol–water partition coefficient (Wildman–Crippen LogP) is 1.69. The fraction of sp³-hybridized carbons (Fsp3) is 0.263. The monoisotopic (exact) mass is 423 g/mol. The number of carbonyl (C=O) groups is 2. The molecular weight excluding hydrogens is 405 g/mol. The molecule has 0 amide bonds. The van der Waals surface area contributed by atoms with Gasteiger partial charge in [-0.3, -0.25) is 9.59 Å². The van der Waals surface area contributed by atoms with E-state index in [0.717, 1.165) is 12.1 Å². The second-order valence-corrected chi connectivity index (χ2v) is 7.84. The van der Waals surface area contributed by atoms with Gasteiger partial charge in [-0.15, -0.1) is 0 Å². The average Bonchev–Trinajstić information content (AvgIpc) is 2.96. The zero-order valence-corrected chi connectivity index (χ0v) is 16.0. The highest BCUT2D eigenvalue weighted by molar-refractivity contribution is 7.89. The topological polar surface area (TPSA) is 108 Å². The van der Waals surface area contributed by atoms with E-state index in [9.17, 15) is 22.4 Å². The van der Waals surface area contributed by atoms with E-state index in [4.69, 9.17) is 14.2 Å². The van der Waals surface area contributed by atoms with Gasteiger partial charge in [0.25, 0.3) is 0 Å². The van der Waals surface area contributed by atoms with Crippen molar-refractivity contribution in [3.8, 4) is 11.5 Å². The van der Waals surface area contributed by atoms with Crippen LogP contribution in [0.3, 0.4) is 0 Å². The lowest BCUT2D eigenvalue weighted by atomic mass is 10.1. The van der Waals surface area contributed by atoms with Gasteiger partial charge in [0.1, 0.15) is 12.4 Å². The van der Waals surface area contributed by atoms with Gasteiger partial charge in [-0.05, 0) is 36.4 Å². The molecule has 8 nitrogen and oxygen atoms in total. The summed E-state index contributed by atoms with van der Waals surface area (Å²) in [5.41, 5.74) is 0.173. The zero-order valence-electron chi connectivity index (χ0n) is 15.2. The largest absolute Gasteiger partial charge is 0.490 e. The van der Waals surface area contributed by atoms with Crippen LogP contribution in [0.5, 0.6) is 11.5 Å². The SMILES string of the molecule is O=C(CNS(=O)(=O)c1ccc2c(c1)OCCCO2)OCC(=O)c1ccc(F)cc1. The summed E-state index contributed by atoms with van der Waals surface area (Å²) in [5.74, 6) is -1.22. The van der Waals surface area contributed by atoms with E-state index in [1.165, 1.54) is 30.3 Å². The van der Waals surface area contributed by atoms with E-state index < -0.39 is 40.7 Å². The molecule has 0 saturated carbocycles. The summed E-state index contributed by atoms with van der Waals surface area (Å²) in [7, 11) is -4.01. The number of halogens is 1. The maximum atomic E-state index is 12.9. The molecule has 10 heteroatoms. The minimum Gasteiger partial charge on any atom is -0.490 e. The number of fused-ring (bicyclic) bond motifs is 1. The first kappa shape index (κ1) is 20.7. The van der Waals surface area contributed by atoms with Gasteiger partial charge in [0.15, 0.2) is 23.9 Å². The number of benzene rings is 2. The Hall–Kier alpha value is -2.98. The molecule has 0 saturated heterocycles. The summed E-state index contributed by atoms with van der Waals surface area (Å²) >= 11 is 0. The van der Waals surface area contributed by atoms with Crippen LogP contribution < -0.4 is 14.2 Å². The number of carbonyl (C=O) groups excluding carboxylic acids is 2. The summed E-state index contributed by atoms with van der Waals surface area (Å²) in [5, 5.41) is 0. The molecule has 29 heavy (non-hydrogen) atoms. The minimum atomic E-state index is -4.01. The number of ether oxygens (including phenoxy) is 3. The number of rotatable bonds is 7. The summed E-state index contributed by atoms with van der Waals surface area (Å²) in [6.07, 6.45) is 0.678. The van der Waals surface area contributed by atoms with Gasteiger partial charge in [0.2, 0.25) is 10.0 Å². The van der Waals surface area contributed by atoms with Crippen molar-refractivity contribution in [1.29, 1.82) is 0 Å². The molecule has 1 aliphatic heterocycles. The minimum absolute atomic E-state index is 0.100. The summed E-state index contributed by atoms with van der Waals surface area (Å²) in [6.45, 7) is -0.373. The normalized spacial score (nSPS) is 13.4. The fourth-order valence-corrected chi connectivity index (χ4v) is 3.45. The molecule has 2 aromatic rings. The summed E-state index contributed by atoms with van der Waals surface area (Å²) in [6, 6.07) is 8.87. The highest BCUT2D eigenvalue weighted by Gasteiger charge is 2.20. The third-order valence-electron chi connectivity index (χ3n) is 3.97. The lowest BCUT2D eigenvalue weighted by Gasteiger charge is -2.11. The quantitative estimate of drug-likeness (QED) is 0.533. The number of nitrogens with one attached hydrogen (secondary N) is 1. The van der Waals surface area contributed by atoms with Gasteiger partial charge in [0.05, 0.1) is 18.1 Å². The Morgan fingerprint density at radius 2 is 1.72 bits per heavy atom. The van der Waals surface area contributed by atoms with Gasteiger partial charge in [-0.2, -0.15) is 4.72 Å². The lowest BCUT2D eigenvalue weighted by molar-refractivity contribution is -0.141. The molecule has 1 N–H and O–H groups in total. The Morgan fingerprint density at radius 1 is 1.03 bits per heavy atom. The third kappa shape index (κ3) is 5.52. The van der Waals surface area contributed by atoms with Crippen molar-refractivity contribution >= 4 is 21.8 Å². The van der Waals surface area contributed by atoms with Crippen molar-refractivity contribution < 1.29 is 36.6 Å². The van der Waals surface area contributed by atoms with Crippen LogP contribution in [0, 0.1) is 5.82 Å². The van der Waals surface area contributed by atoms with Gasteiger partial charge in [-0.25, -0.2) is 12.8 Å². The fourth-order valence-electron chi connectivity index (χ4n) is 2.46. The molecule has 0 bridgehead atoms. The molecule has 1 heterocycles. The highest BCUT2D eigenvalue weighted by Crippen LogP contribution is 2.31. The number of sulfonamides is 1. The Labute approximate surface area is 166 Å². The molecule has 0 aromatic heterocycles. The van der Waals surface area contributed by atoms with Gasteiger partial charge < -0.3 is 14.2 Å².